The number of benzene rings is 2. The van der Waals surface area contributed by atoms with Gasteiger partial charge in [0.1, 0.15) is 6.61 Å². The number of urea groups is 1. The van der Waals surface area contributed by atoms with E-state index in [0.717, 1.165) is 5.56 Å². The second kappa shape index (κ2) is 9.44. The molecule has 2 aromatic carbocycles. The fourth-order valence-electron chi connectivity index (χ4n) is 2.13. The Morgan fingerprint density at radius 1 is 1.26 bits per heavy atom. The number of aromatic carboxylic acids is 1. The third kappa shape index (κ3) is 5.89. The number of ether oxygens (including phenoxy) is 2. The Labute approximate surface area is 160 Å². The third-order valence-electron chi connectivity index (χ3n) is 3.30. The molecule has 2 rings (SSSR count). The van der Waals surface area contributed by atoms with E-state index >= 15 is 0 Å². The van der Waals surface area contributed by atoms with E-state index < -0.39 is 12.0 Å². The van der Waals surface area contributed by atoms with Gasteiger partial charge in [0.25, 0.3) is 0 Å². The standard InChI is InChI=1S/C18H18ClN3O5/c1-2-26-15-8-12(9-21-22-18(20)25)7-14(19)16(15)27-10-11-3-5-13(6-4-11)17(23)24/h3-9H,2,10H2,1H3,(H,23,24)(H3,20,22,25)/b21-9+. The largest absolute Gasteiger partial charge is 0.490 e. The minimum absolute atomic E-state index is 0.177. The maximum absolute atomic E-state index is 10.9. The van der Waals surface area contributed by atoms with E-state index in [9.17, 15) is 9.59 Å². The number of nitrogens with one attached hydrogen (secondary N) is 1. The summed E-state index contributed by atoms with van der Waals surface area (Å²) >= 11 is 6.29. The number of nitrogens with two attached hydrogens (primary N) is 1. The molecule has 9 heteroatoms. The number of amides is 2. The van der Waals surface area contributed by atoms with E-state index in [1.165, 1.54) is 18.3 Å². The summed E-state index contributed by atoms with van der Waals surface area (Å²) in [7, 11) is 0. The molecule has 0 aliphatic carbocycles. The van der Waals surface area contributed by atoms with Gasteiger partial charge in [0, 0.05) is 0 Å². The first-order valence-corrected chi connectivity index (χ1v) is 8.28. The maximum atomic E-state index is 10.9. The first kappa shape index (κ1) is 20.1. The van der Waals surface area contributed by atoms with Crippen molar-refractivity contribution in [3.8, 4) is 11.5 Å². The fraction of sp³-hybridized carbons (Fsp3) is 0.167. The van der Waals surface area contributed by atoms with Crippen LogP contribution in [0.4, 0.5) is 4.79 Å². The molecule has 27 heavy (non-hydrogen) atoms. The molecule has 0 radical (unpaired) electrons. The number of hydrogen-bond donors (Lipinski definition) is 3. The van der Waals surface area contributed by atoms with E-state index in [0.29, 0.717) is 28.7 Å². The van der Waals surface area contributed by atoms with Gasteiger partial charge in [0.15, 0.2) is 11.5 Å². The van der Waals surface area contributed by atoms with Crippen LogP contribution in [0, 0.1) is 0 Å². The van der Waals surface area contributed by atoms with Crippen LogP contribution in [0.1, 0.15) is 28.4 Å². The number of carboxylic acids is 1. The van der Waals surface area contributed by atoms with Crippen LogP contribution in [0.15, 0.2) is 41.5 Å². The van der Waals surface area contributed by atoms with Crippen molar-refractivity contribution in [2.75, 3.05) is 6.61 Å². The predicted molar refractivity (Wildman–Crippen MR) is 101 cm³/mol. The first-order valence-electron chi connectivity index (χ1n) is 7.90. The Balaban J connectivity index is 2.18. The molecular formula is C18H18ClN3O5. The monoisotopic (exact) mass is 391 g/mol. The lowest BCUT2D eigenvalue weighted by molar-refractivity contribution is 0.0697. The lowest BCUT2D eigenvalue weighted by Crippen LogP contribution is -2.24. The zero-order valence-electron chi connectivity index (χ0n) is 14.4. The smallest absolute Gasteiger partial charge is 0.335 e. The lowest BCUT2D eigenvalue weighted by Gasteiger charge is -2.14. The van der Waals surface area contributed by atoms with E-state index in [-0.39, 0.29) is 12.2 Å². The van der Waals surface area contributed by atoms with Gasteiger partial charge >= 0.3 is 12.0 Å². The average Bonchev–Trinajstić information content (AvgIpc) is 2.61. The molecule has 8 nitrogen and oxygen atoms in total. The van der Waals surface area contributed by atoms with Crippen molar-refractivity contribution in [3.05, 3.63) is 58.1 Å². The molecule has 0 heterocycles. The molecule has 0 aliphatic rings. The fourth-order valence-corrected chi connectivity index (χ4v) is 2.41. The summed E-state index contributed by atoms with van der Waals surface area (Å²) in [5.41, 5.74) is 8.58. The number of carboxylic acid groups (broad SMARTS) is 1. The minimum Gasteiger partial charge on any atom is -0.490 e. The number of nitrogens with zero attached hydrogens (tertiary/aromatic N) is 1. The Hall–Kier alpha value is -3.26. The van der Waals surface area contributed by atoms with Crippen molar-refractivity contribution in [2.45, 2.75) is 13.5 Å². The summed E-state index contributed by atoms with van der Waals surface area (Å²) in [6.45, 7) is 2.38. The number of hydrogen-bond acceptors (Lipinski definition) is 5. The highest BCUT2D eigenvalue weighted by Gasteiger charge is 2.13. The van der Waals surface area contributed by atoms with Crippen molar-refractivity contribution >= 4 is 29.8 Å². The zero-order valence-corrected chi connectivity index (χ0v) is 15.2. The predicted octanol–water partition coefficient (Wildman–Crippen LogP) is 3.02. The van der Waals surface area contributed by atoms with Crippen LogP contribution in [0.3, 0.4) is 0 Å². The van der Waals surface area contributed by atoms with Crippen LogP contribution in [-0.4, -0.2) is 29.9 Å². The summed E-state index contributed by atoms with van der Waals surface area (Å²) in [6.07, 6.45) is 1.37. The highest BCUT2D eigenvalue weighted by molar-refractivity contribution is 6.32. The van der Waals surface area contributed by atoms with Gasteiger partial charge in [-0.2, -0.15) is 5.10 Å². The number of hydrazone groups is 1. The molecule has 0 aliphatic heterocycles. The Morgan fingerprint density at radius 2 is 1.96 bits per heavy atom. The Morgan fingerprint density at radius 3 is 2.56 bits per heavy atom. The van der Waals surface area contributed by atoms with Crippen molar-refractivity contribution in [2.24, 2.45) is 10.8 Å². The average molecular weight is 392 g/mol. The molecule has 142 valence electrons. The summed E-state index contributed by atoms with van der Waals surface area (Å²) < 4.78 is 11.3. The van der Waals surface area contributed by atoms with E-state index in [4.69, 9.17) is 31.9 Å². The lowest BCUT2D eigenvalue weighted by atomic mass is 10.1. The molecule has 2 aromatic rings. The molecule has 0 unspecified atom stereocenters. The van der Waals surface area contributed by atoms with Crippen LogP contribution >= 0.6 is 11.6 Å². The number of carbonyl (C=O) groups is 2. The quantitative estimate of drug-likeness (QED) is 0.471. The molecule has 0 saturated carbocycles. The van der Waals surface area contributed by atoms with Gasteiger partial charge in [-0.3, -0.25) is 0 Å². The van der Waals surface area contributed by atoms with Crippen molar-refractivity contribution in [3.63, 3.8) is 0 Å². The SMILES string of the molecule is CCOc1cc(/C=N/NC(N)=O)cc(Cl)c1OCc1ccc(C(=O)O)cc1. The molecule has 0 spiro atoms. The summed E-state index contributed by atoms with van der Waals surface area (Å²) in [5.74, 6) is -0.235. The zero-order chi connectivity index (χ0) is 19.8. The third-order valence-corrected chi connectivity index (χ3v) is 3.58. The van der Waals surface area contributed by atoms with Gasteiger partial charge in [0.2, 0.25) is 0 Å². The molecule has 2 amide bonds. The topological polar surface area (TPSA) is 123 Å². The van der Waals surface area contributed by atoms with Crippen molar-refractivity contribution < 1.29 is 24.2 Å². The molecule has 0 aromatic heterocycles. The molecule has 0 fully saturated rings. The van der Waals surface area contributed by atoms with Crippen LogP contribution in [0.25, 0.3) is 0 Å². The Kier molecular flexibility index (Phi) is 7.01. The van der Waals surface area contributed by atoms with Crippen LogP contribution in [-0.2, 0) is 6.61 Å². The minimum atomic E-state index is -0.993. The van der Waals surface area contributed by atoms with Gasteiger partial charge in [-0.1, -0.05) is 23.7 Å². The summed E-state index contributed by atoms with van der Waals surface area (Å²) in [6, 6.07) is 8.79. The second-order valence-electron chi connectivity index (χ2n) is 5.29. The van der Waals surface area contributed by atoms with E-state index in [1.807, 2.05) is 6.92 Å². The van der Waals surface area contributed by atoms with Gasteiger partial charge in [0.05, 0.1) is 23.4 Å². The summed E-state index contributed by atoms with van der Waals surface area (Å²) in [5, 5.41) is 12.9. The van der Waals surface area contributed by atoms with E-state index in [2.05, 4.69) is 10.5 Å². The molecule has 0 atom stereocenters. The number of halogens is 1. The first-order chi connectivity index (χ1) is 12.9. The number of primary amides is 1. The molecule has 0 saturated heterocycles. The van der Waals surface area contributed by atoms with Crippen LogP contribution in [0.2, 0.25) is 5.02 Å². The second-order valence-corrected chi connectivity index (χ2v) is 5.70. The van der Waals surface area contributed by atoms with Gasteiger partial charge in [-0.15, -0.1) is 0 Å². The van der Waals surface area contributed by atoms with Gasteiger partial charge < -0.3 is 20.3 Å². The van der Waals surface area contributed by atoms with Crippen molar-refractivity contribution in [1.82, 2.24) is 5.43 Å². The maximum Gasteiger partial charge on any atom is 0.335 e. The molecular weight excluding hydrogens is 374 g/mol. The van der Waals surface area contributed by atoms with Gasteiger partial charge in [-0.05, 0) is 42.3 Å². The normalized spacial score (nSPS) is 10.6. The highest BCUT2D eigenvalue weighted by atomic mass is 35.5. The number of rotatable bonds is 8. The van der Waals surface area contributed by atoms with Crippen LogP contribution in [0.5, 0.6) is 11.5 Å². The van der Waals surface area contributed by atoms with Crippen molar-refractivity contribution in [1.29, 1.82) is 0 Å². The highest BCUT2D eigenvalue weighted by Crippen LogP contribution is 2.37. The van der Waals surface area contributed by atoms with E-state index in [1.54, 1.807) is 24.3 Å². The van der Waals surface area contributed by atoms with Gasteiger partial charge in [-0.25, -0.2) is 15.0 Å². The summed E-state index contributed by atoms with van der Waals surface area (Å²) in [4.78, 5) is 21.5. The number of carbonyl (C=O) groups excluding carboxylic acids is 1. The van der Waals surface area contributed by atoms with Crippen LogP contribution < -0.4 is 20.6 Å². The molecule has 0 bridgehead atoms. The molecule has 4 N–H and O–H groups in total. The Bertz CT molecular complexity index is 853.